The molecule has 1 saturated carbocycles. The molecule has 0 aromatic carbocycles. The Balaban J connectivity index is 2.00. The van der Waals surface area contributed by atoms with Crippen LogP contribution in [0, 0.1) is 5.41 Å². The van der Waals surface area contributed by atoms with E-state index in [1.54, 1.807) is 0 Å². The van der Waals surface area contributed by atoms with E-state index >= 15 is 0 Å². The topological polar surface area (TPSA) is 65.2 Å². The highest BCUT2D eigenvalue weighted by Gasteiger charge is 2.29. The molecule has 1 aromatic rings. The van der Waals surface area contributed by atoms with Crippen LogP contribution in [0.4, 0.5) is 5.69 Å². The lowest BCUT2D eigenvalue weighted by atomic mass is 9.76. The van der Waals surface area contributed by atoms with Gasteiger partial charge in [0.2, 0.25) is 0 Å². The molecule has 2 N–H and O–H groups in total. The molecule has 0 radical (unpaired) electrons. The van der Waals surface area contributed by atoms with Crippen LogP contribution in [0.25, 0.3) is 0 Å². The summed E-state index contributed by atoms with van der Waals surface area (Å²) in [6, 6.07) is 1.50. The van der Waals surface area contributed by atoms with Crippen molar-refractivity contribution in [2.75, 3.05) is 5.73 Å². The molecule has 19 heavy (non-hydrogen) atoms. The molecule has 2 rings (SSSR count). The van der Waals surface area contributed by atoms with Gasteiger partial charge in [-0.1, -0.05) is 25.4 Å². The third-order valence-electron chi connectivity index (χ3n) is 3.64. The van der Waals surface area contributed by atoms with E-state index in [9.17, 15) is 4.79 Å². The van der Waals surface area contributed by atoms with Gasteiger partial charge in [-0.15, -0.1) is 0 Å². The van der Waals surface area contributed by atoms with Crippen LogP contribution in [0.5, 0.6) is 0 Å². The van der Waals surface area contributed by atoms with Crippen molar-refractivity contribution in [3.63, 3.8) is 0 Å². The van der Waals surface area contributed by atoms with Gasteiger partial charge in [-0.2, -0.15) is 0 Å². The number of rotatable bonds is 2. The highest BCUT2D eigenvalue weighted by atomic mass is 35.5. The van der Waals surface area contributed by atoms with Crippen LogP contribution in [-0.2, 0) is 4.74 Å². The quantitative estimate of drug-likeness (QED) is 0.666. The minimum absolute atomic E-state index is 0.0296. The van der Waals surface area contributed by atoms with Crippen LogP contribution in [0.15, 0.2) is 12.3 Å². The van der Waals surface area contributed by atoms with Crippen LogP contribution in [0.3, 0.4) is 0 Å². The molecule has 0 spiro atoms. The van der Waals surface area contributed by atoms with Crippen molar-refractivity contribution < 1.29 is 9.53 Å². The first kappa shape index (κ1) is 14.1. The molecule has 4 nitrogen and oxygen atoms in total. The monoisotopic (exact) mass is 282 g/mol. The predicted molar refractivity (Wildman–Crippen MR) is 75.1 cm³/mol. The van der Waals surface area contributed by atoms with Gasteiger partial charge in [0, 0.05) is 0 Å². The lowest BCUT2D eigenvalue weighted by molar-refractivity contribution is 0.00950. The predicted octanol–water partition coefficient (Wildman–Crippen LogP) is 3.44. The average Bonchev–Trinajstić information content (AvgIpc) is 2.35. The molecule has 1 aliphatic carbocycles. The zero-order valence-electron chi connectivity index (χ0n) is 11.3. The molecule has 1 heterocycles. The van der Waals surface area contributed by atoms with Crippen molar-refractivity contribution in [1.29, 1.82) is 0 Å². The van der Waals surface area contributed by atoms with Gasteiger partial charge >= 0.3 is 5.97 Å². The lowest BCUT2D eigenvalue weighted by Crippen LogP contribution is -2.28. The summed E-state index contributed by atoms with van der Waals surface area (Å²) in [7, 11) is 0. The maximum absolute atomic E-state index is 12.0. The summed E-state index contributed by atoms with van der Waals surface area (Å²) in [5, 5.41) is 0.135. The number of nitrogens with zero attached hydrogens (tertiary/aromatic N) is 1. The molecule has 1 aliphatic rings. The Hall–Kier alpha value is -1.29. The number of nitrogens with two attached hydrogens (primary N) is 1. The second-order valence-corrected chi connectivity index (χ2v) is 6.23. The number of anilines is 1. The van der Waals surface area contributed by atoms with Gasteiger partial charge in [0.1, 0.15) is 11.3 Å². The number of hydrogen-bond donors (Lipinski definition) is 1. The molecule has 0 atom stereocenters. The van der Waals surface area contributed by atoms with E-state index in [2.05, 4.69) is 18.8 Å². The number of nitrogen functional groups attached to an aromatic ring is 1. The molecular weight excluding hydrogens is 264 g/mol. The van der Waals surface area contributed by atoms with Gasteiger partial charge in [-0.3, -0.25) is 0 Å². The van der Waals surface area contributed by atoms with Crippen molar-refractivity contribution in [2.45, 2.75) is 45.6 Å². The Bertz CT molecular complexity index is 478. The van der Waals surface area contributed by atoms with Crippen molar-refractivity contribution in [1.82, 2.24) is 4.98 Å². The van der Waals surface area contributed by atoms with E-state index in [-0.39, 0.29) is 16.8 Å². The fourth-order valence-electron chi connectivity index (χ4n) is 2.31. The Morgan fingerprint density at radius 2 is 2.11 bits per heavy atom. The van der Waals surface area contributed by atoms with E-state index in [0.717, 1.165) is 25.7 Å². The number of pyridine rings is 1. The molecular formula is C14H19ClN2O2. The van der Waals surface area contributed by atoms with Crippen LogP contribution >= 0.6 is 11.6 Å². The summed E-state index contributed by atoms with van der Waals surface area (Å²) in [5.74, 6) is -0.436. The fraction of sp³-hybridized carbons (Fsp3) is 0.571. The normalized spacial score (nSPS) is 19.1. The Morgan fingerprint density at radius 1 is 1.47 bits per heavy atom. The number of halogens is 1. The first-order chi connectivity index (χ1) is 8.87. The standard InChI is InChI=1S/C14H19ClN2O2/c1-14(2)5-3-10(4-6-14)19-13(18)11-7-9(16)8-17-12(11)15/h7-8,10H,3-6,16H2,1-2H3. The zero-order chi connectivity index (χ0) is 14.0. The van der Waals surface area contributed by atoms with Crippen LogP contribution in [0.2, 0.25) is 5.15 Å². The third kappa shape index (κ3) is 3.60. The number of hydrogen-bond acceptors (Lipinski definition) is 4. The minimum Gasteiger partial charge on any atom is -0.459 e. The summed E-state index contributed by atoms with van der Waals surface area (Å²) >= 11 is 5.89. The molecule has 0 saturated heterocycles. The van der Waals surface area contributed by atoms with Gasteiger partial charge in [0.25, 0.3) is 0 Å². The maximum Gasteiger partial charge on any atom is 0.341 e. The van der Waals surface area contributed by atoms with Crippen molar-refractivity contribution in [2.24, 2.45) is 5.41 Å². The number of aromatic nitrogens is 1. The highest BCUT2D eigenvalue weighted by Crippen LogP contribution is 2.36. The number of ether oxygens (including phenoxy) is 1. The molecule has 1 fully saturated rings. The average molecular weight is 283 g/mol. The lowest BCUT2D eigenvalue weighted by Gasteiger charge is -2.33. The smallest absolute Gasteiger partial charge is 0.341 e. The first-order valence-electron chi connectivity index (χ1n) is 6.49. The molecule has 104 valence electrons. The van der Waals surface area contributed by atoms with Gasteiger partial charge in [-0.25, -0.2) is 9.78 Å². The second-order valence-electron chi connectivity index (χ2n) is 5.88. The number of carbonyl (C=O) groups is 1. The van der Waals surface area contributed by atoms with E-state index in [1.807, 2.05) is 0 Å². The van der Waals surface area contributed by atoms with Crippen LogP contribution < -0.4 is 5.73 Å². The van der Waals surface area contributed by atoms with Gasteiger partial charge < -0.3 is 10.5 Å². The second kappa shape index (κ2) is 5.37. The van der Waals surface area contributed by atoms with Crippen molar-refractivity contribution in [3.05, 3.63) is 23.0 Å². The van der Waals surface area contributed by atoms with Gasteiger partial charge in [-0.05, 0) is 37.2 Å². The van der Waals surface area contributed by atoms with Crippen molar-refractivity contribution in [3.8, 4) is 0 Å². The van der Waals surface area contributed by atoms with Crippen LogP contribution in [-0.4, -0.2) is 17.1 Å². The van der Waals surface area contributed by atoms with Gasteiger partial charge in [0.05, 0.1) is 17.4 Å². The minimum atomic E-state index is -0.436. The summed E-state index contributed by atoms with van der Waals surface area (Å²) in [6.07, 6.45) is 5.31. The van der Waals surface area contributed by atoms with Crippen molar-refractivity contribution >= 4 is 23.3 Å². The third-order valence-corrected chi connectivity index (χ3v) is 3.94. The maximum atomic E-state index is 12.0. The largest absolute Gasteiger partial charge is 0.459 e. The Labute approximate surface area is 118 Å². The van der Waals surface area contributed by atoms with Gasteiger partial charge in [0.15, 0.2) is 0 Å². The molecule has 0 aliphatic heterocycles. The summed E-state index contributed by atoms with van der Waals surface area (Å²) in [6.45, 7) is 4.48. The Morgan fingerprint density at radius 3 is 2.74 bits per heavy atom. The van der Waals surface area contributed by atoms with Crippen LogP contribution in [0.1, 0.15) is 49.9 Å². The fourth-order valence-corrected chi connectivity index (χ4v) is 2.49. The zero-order valence-corrected chi connectivity index (χ0v) is 12.0. The summed E-state index contributed by atoms with van der Waals surface area (Å²) in [5.41, 5.74) is 6.60. The summed E-state index contributed by atoms with van der Waals surface area (Å²) < 4.78 is 5.49. The molecule has 0 bridgehead atoms. The van der Waals surface area contributed by atoms with E-state index in [1.165, 1.54) is 12.3 Å². The molecule has 0 unspecified atom stereocenters. The number of esters is 1. The molecule has 5 heteroatoms. The SMILES string of the molecule is CC1(C)CCC(OC(=O)c2cc(N)cnc2Cl)CC1. The van der Waals surface area contributed by atoms with E-state index < -0.39 is 5.97 Å². The van der Waals surface area contributed by atoms with E-state index in [0.29, 0.717) is 11.1 Å². The summed E-state index contributed by atoms with van der Waals surface area (Å²) in [4.78, 5) is 15.9. The highest BCUT2D eigenvalue weighted by molar-refractivity contribution is 6.32. The number of carbonyl (C=O) groups excluding carboxylic acids is 1. The Kier molecular flexibility index (Phi) is 3.99. The molecule has 0 amide bonds. The van der Waals surface area contributed by atoms with E-state index in [4.69, 9.17) is 22.1 Å². The molecule has 1 aromatic heterocycles. The first-order valence-corrected chi connectivity index (χ1v) is 6.87.